The zero-order valence-corrected chi connectivity index (χ0v) is 18.7. The summed E-state index contributed by atoms with van der Waals surface area (Å²) in [6.07, 6.45) is 2.94. The lowest BCUT2D eigenvalue weighted by atomic mass is 9.94. The van der Waals surface area contributed by atoms with Gasteiger partial charge in [-0.05, 0) is 86.1 Å². The molecule has 0 atom stereocenters. The first-order chi connectivity index (χ1) is 14.3. The molecule has 0 aliphatic heterocycles. The Morgan fingerprint density at radius 3 is 1.37 bits per heavy atom. The second-order valence-corrected chi connectivity index (χ2v) is 7.65. The molecule has 0 amide bonds. The lowest BCUT2D eigenvalue weighted by Crippen LogP contribution is -2.09. The zero-order valence-electron chi connectivity index (χ0n) is 18.7. The molecular weight excluding hydrogens is 380 g/mol. The Morgan fingerprint density at radius 1 is 0.667 bits per heavy atom. The molecule has 0 heterocycles. The highest BCUT2D eigenvalue weighted by Crippen LogP contribution is 2.23. The molecule has 162 valence electrons. The van der Waals surface area contributed by atoms with E-state index in [0.29, 0.717) is 26.4 Å². The maximum atomic E-state index is 8.90. The number of nitrogens with zero attached hydrogens (tertiary/aromatic N) is 2. The first kappa shape index (κ1) is 23.6. The molecule has 0 radical (unpaired) electrons. The highest BCUT2D eigenvalue weighted by molar-refractivity contribution is 5.84. The van der Waals surface area contributed by atoms with Crippen molar-refractivity contribution in [2.75, 3.05) is 13.2 Å². The van der Waals surface area contributed by atoms with Crippen molar-refractivity contribution in [3.8, 4) is 0 Å². The van der Waals surface area contributed by atoms with Crippen molar-refractivity contribution in [2.24, 2.45) is 10.3 Å². The van der Waals surface area contributed by atoms with Crippen LogP contribution in [-0.4, -0.2) is 36.1 Å². The average Bonchev–Trinajstić information content (AvgIpc) is 2.69. The lowest BCUT2D eigenvalue weighted by Gasteiger charge is -2.16. The maximum absolute atomic E-state index is 8.90. The van der Waals surface area contributed by atoms with E-state index in [-0.39, 0.29) is 0 Å². The number of rotatable bonds is 9. The maximum Gasteiger partial charge on any atom is 0.0739 e. The van der Waals surface area contributed by atoms with E-state index in [1.165, 1.54) is 12.4 Å². The molecule has 0 spiro atoms. The van der Waals surface area contributed by atoms with E-state index in [1.807, 2.05) is 27.7 Å². The molecular formula is C24H32N2O4. The summed E-state index contributed by atoms with van der Waals surface area (Å²) in [5, 5.41) is 24.2. The van der Waals surface area contributed by atoms with Crippen LogP contribution in [0.5, 0.6) is 0 Å². The molecule has 2 aromatic carbocycles. The molecule has 0 fully saturated rings. The van der Waals surface area contributed by atoms with Crippen molar-refractivity contribution >= 4 is 12.4 Å². The quantitative estimate of drug-likeness (QED) is 0.266. The number of oxime groups is 2. The predicted octanol–water partition coefficient (Wildman–Crippen LogP) is 4.89. The van der Waals surface area contributed by atoms with Crippen molar-refractivity contribution in [3.63, 3.8) is 0 Å². The van der Waals surface area contributed by atoms with Crippen molar-refractivity contribution in [1.82, 2.24) is 0 Å². The van der Waals surface area contributed by atoms with Gasteiger partial charge in [-0.15, -0.1) is 0 Å². The molecule has 0 aliphatic rings. The van der Waals surface area contributed by atoms with Gasteiger partial charge in [0.05, 0.1) is 38.9 Å². The number of hydrogen-bond donors (Lipinski definition) is 2. The van der Waals surface area contributed by atoms with E-state index in [1.54, 1.807) is 0 Å². The zero-order chi connectivity index (χ0) is 22.3. The van der Waals surface area contributed by atoms with Gasteiger partial charge in [0.1, 0.15) is 0 Å². The fraction of sp³-hybridized carbons (Fsp3) is 0.417. The van der Waals surface area contributed by atoms with Crippen LogP contribution in [0.3, 0.4) is 0 Å². The highest BCUT2D eigenvalue weighted by Gasteiger charge is 2.12. The van der Waals surface area contributed by atoms with Gasteiger partial charge in [0.25, 0.3) is 0 Å². The summed E-state index contributed by atoms with van der Waals surface area (Å²) in [5.74, 6) is 0. The lowest BCUT2D eigenvalue weighted by molar-refractivity contribution is 0.0333. The molecule has 0 saturated carbocycles. The molecule has 6 heteroatoms. The Hall–Kier alpha value is -2.70. The van der Waals surface area contributed by atoms with E-state index in [9.17, 15) is 0 Å². The van der Waals surface area contributed by atoms with Crippen LogP contribution in [0.1, 0.15) is 55.6 Å². The molecule has 0 unspecified atom stereocenters. The van der Waals surface area contributed by atoms with Crippen LogP contribution < -0.4 is 0 Å². The van der Waals surface area contributed by atoms with Gasteiger partial charge in [-0.2, -0.15) is 0 Å². The Labute approximate surface area is 178 Å². The van der Waals surface area contributed by atoms with Crippen LogP contribution in [0.25, 0.3) is 0 Å². The second kappa shape index (κ2) is 10.9. The van der Waals surface area contributed by atoms with Crippen LogP contribution in [0, 0.1) is 41.5 Å². The predicted molar refractivity (Wildman–Crippen MR) is 119 cm³/mol. The normalized spacial score (nSPS) is 11.8. The second-order valence-electron chi connectivity index (χ2n) is 7.65. The van der Waals surface area contributed by atoms with Gasteiger partial charge >= 0.3 is 0 Å². The minimum atomic E-state index is 0.477. The van der Waals surface area contributed by atoms with Crippen molar-refractivity contribution < 1.29 is 19.9 Å². The molecule has 6 nitrogen and oxygen atoms in total. The molecule has 0 aliphatic carbocycles. The van der Waals surface area contributed by atoms with Crippen molar-refractivity contribution in [1.29, 1.82) is 0 Å². The molecule has 2 aromatic rings. The topological polar surface area (TPSA) is 83.6 Å². The van der Waals surface area contributed by atoms with E-state index in [0.717, 1.165) is 55.6 Å². The summed E-state index contributed by atoms with van der Waals surface area (Å²) < 4.78 is 11.7. The third-order valence-corrected chi connectivity index (χ3v) is 5.62. The van der Waals surface area contributed by atoms with Crippen molar-refractivity contribution in [2.45, 2.75) is 54.8 Å². The fourth-order valence-electron chi connectivity index (χ4n) is 3.91. The number of aryl methyl sites for hydroxylation is 4. The first-order valence-corrected chi connectivity index (χ1v) is 10.0. The summed E-state index contributed by atoms with van der Waals surface area (Å²) in [6.45, 7) is 14.1. The molecule has 0 aromatic heterocycles. The molecule has 2 rings (SSSR count). The average molecular weight is 413 g/mol. The van der Waals surface area contributed by atoms with Gasteiger partial charge in [-0.25, -0.2) is 0 Å². The van der Waals surface area contributed by atoms with E-state index >= 15 is 0 Å². The monoisotopic (exact) mass is 412 g/mol. The Morgan fingerprint density at radius 2 is 1.03 bits per heavy atom. The molecule has 0 saturated heterocycles. The van der Waals surface area contributed by atoms with E-state index < -0.39 is 0 Å². The summed E-state index contributed by atoms with van der Waals surface area (Å²) in [4.78, 5) is 0. The molecule has 2 N–H and O–H groups in total. The summed E-state index contributed by atoms with van der Waals surface area (Å²) >= 11 is 0. The Kier molecular flexibility index (Phi) is 8.57. The van der Waals surface area contributed by atoms with E-state index in [2.05, 4.69) is 36.3 Å². The van der Waals surface area contributed by atoms with Gasteiger partial charge in [-0.3, -0.25) is 0 Å². The highest BCUT2D eigenvalue weighted by atomic mass is 16.5. The number of ether oxygens (including phenoxy) is 2. The van der Waals surface area contributed by atoms with Crippen LogP contribution in [-0.2, 0) is 22.7 Å². The van der Waals surface area contributed by atoms with Gasteiger partial charge in [0.2, 0.25) is 0 Å². The van der Waals surface area contributed by atoms with Crippen molar-refractivity contribution in [3.05, 3.63) is 67.8 Å². The smallest absolute Gasteiger partial charge is 0.0739 e. The van der Waals surface area contributed by atoms with Crippen LogP contribution in [0.4, 0.5) is 0 Å². The third kappa shape index (κ3) is 5.46. The minimum absolute atomic E-state index is 0.477. The largest absolute Gasteiger partial charge is 0.411 e. The van der Waals surface area contributed by atoms with Gasteiger partial charge in [0.15, 0.2) is 0 Å². The number of hydrogen-bond acceptors (Lipinski definition) is 6. The van der Waals surface area contributed by atoms with Gasteiger partial charge in [-0.1, -0.05) is 22.4 Å². The summed E-state index contributed by atoms with van der Waals surface area (Å²) in [6, 6.07) is 4.16. The third-order valence-electron chi connectivity index (χ3n) is 5.62. The van der Waals surface area contributed by atoms with Crippen LogP contribution >= 0.6 is 0 Å². The fourth-order valence-corrected chi connectivity index (χ4v) is 3.91. The Balaban J connectivity index is 1.94. The molecule has 0 bridgehead atoms. The summed E-state index contributed by atoms with van der Waals surface area (Å²) in [7, 11) is 0. The molecule has 30 heavy (non-hydrogen) atoms. The summed E-state index contributed by atoms with van der Waals surface area (Å²) in [5.41, 5.74) is 10.6. The van der Waals surface area contributed by atoms with E-state index in [4.69, 9.17) is 19.9 Å². The SMILES string of the molecule is Cc1cc(C)c(COCCOCc2c(C)cc(C)c(C=NO)c2C)c(C)c1C=NO. The minimum Gasteiger partial charge on any atom is -0.411 e. The standard InChI is InChI=1S/C24H32N2O4/c1-15-9-17(3)23(19(5)21(15)11-25-27)13-29-7-8-30-14-24-18(4)10-16(2)22(12-26-28)20(24)6/h9-12,27-28H,7-8,13-14H2,1-6H3. The number of benzene rings is 2. The van der Waals surface area contributed by atoms with Crippen LogP contribution in [0.2, 0.25) is 0 Å². The first-order valence-electron chi connectivity index (χ1n) is 10.0. The van der Waals surface area contributed by atoms with Gasteiger partial charge < -0.3 is 19.9 Å². The van der Waals surface area contributed by atoms with Gasteiger partial charge in [0, 0.05) is 11.1 Å². The van der Waals surface area contributed by atoms with Crippen LogP contribution in [0.15, 0.2) is 22.4 Å². The Bertz CT molecular complexity index is 872.